The first-order valence-electron chi connectivity index (χ1n) is 10.5. The highest BCUT2D eigenvalue weighted by atomic mass is 15.2. The monoisotopic (exact) mass is 386 g/mol. The van der Waals surface area contributed by atoms with Crippen LogP contribution in [-0.4, -0.2) is 40.6 Å². The van der Waals surface area contributed by atoms with Gasteiger partial charge in [0, 0.05) is 36.2 Å². The normalized spacial score (nSPS) is 17.0. The molecule has 3 aromatic rings. The van der Waals surface area contributed by atoms with Crippen molar-refractivity contribution in [3.63, 3.8) is 0 Å². The minimum atomic E-state index is 0.439. The predicted molar refractivity (Wildman–Crippen MR) is 117 cm³/mol. The second-order valence-corrected chi connectivity index (χ2v) is 7.73. The average Bonchev–Trinajstić information content (AvgIpc) is 2.80. The number of nitrogens with one attached hydrogen (secondary N) is 2. The molecule has 0 amide bonds. The van der Waals surface area contributed by atoms with E-state index in [0.29, 0.717) is 6.04 Å². The summed E-state index contributed by atoms with van der Waals surface area (Å²) in [5.74, 6) is 1.67. The molecule has 5 rings (SSSR count). The Labute approximate surface area is 171 Å². The molecule has 0 aliphatic carbocycles. The minimum Gasteiger partial charge on any atom is -0.351 e. The second kappa shape index (κ2) is 8.17. The van der Waals surface area contributed by atoms with E-state index in [-0.39, 0.29) is 0 Å². The van der Waals surface area contributed by atoms with Crippen molar-refractivity contribution in [2.75, 3.05) is 29.9 Å². The summed E-state index contributed by atoms with van der Waals surface area (Å²) in [5.41, 5.74) is 4.62. The Morgan fingerprint density at radius 2 is 1.90 bits per heavy atom. The lowest BCUT2D eigenvalue weighted by atomic mass is 10.0. The number of aryl methyl sites for hydroxylation is 1. The van der Waals surface area contributed by atoms with Gasteiger partial charge in [-0.25, -0.2) is 4.98 Å². The fraction of sp³-hybridized carbons (Fsp3) is 0.348. The standard InChI is InChI=1S/C23H26N6/c1-2-5-17(6-3-1)20-15-21-18(16-26-20)7-4-14-29(21)22-10-13-25-23(28-22)27-19-8-11-24-12-9-19/h1-3,5-6,10,13,15-16,19,24H,4,7-9,11-12,14H2,(H,25,27,28). The molecule has 6 nitrogen and oxygen atoms in total. The number of rotatable bonds is 4. The van der Waals surface area contributed by atoms with Gasteiger partial charge in [-0.1, -0.05) is 30.3 Å². The van der Waals surface area contributed by atoms with Crippen LogP contribution < -0.4 is 15.5 Å². The minimum absolute atomic E-state index is 0.439. The summed E-state index contributed by atoms with van der Waals surface area (Å²) in [4.78, 5) is 16.3. The van der Waals surface area contributed by atoms with Gasteiger partial charge >= 0.3 is 0 Å². The van der Waals surface area contributed by atoms with E-state index in [0.717, 1.165) is 68.3 Å². The number of piperidine rings is 1. The van der Waals surface area contributed by atoms with E-state index in [1.807, 2.05) is 24.5 Å². The highest BCUT2D eigenvalue weighted by molar-refractivity contribution is 5.72. The van der Waals surface area contributed by atoms with E-state index < -0.39 is 0 Å². The van der Waals surface area contributed by atoms with Crippen molar-refractivity contribution in [3.8, 4) is 11.3 Å². The highest BCUT2D eigenvalue weighted by Gasteiger charge is 2.22. The Kier molecular flexibility index (Phi) is 5.09. The summed E-state index contributed by atoms with van der Waals surface area (Å²) in [7, 11) is 0. The highest BCUT2D eigenvalue weighted by Crippen LogP contribution is 2.34. The molecule has 0 unspecified atom stereocenters. The Morgan fingerprint density at radius 1 is 1.03 bits per heavy atom. The maximum Gasteiger partial charge on any atom is 0.224 e. The molecule has 2 aliphatic heterocycles. The lowest BCUT2D eigenvalue weighted by Gasteiger charge is -2.31. The molecule has 148 valence electrons. The van der Waals surface area contributed by atoms with Crippen LogP contribution in [0.15, 0.2) is 54.9 Å². The largest absolute Gasteiger partial charge is 0.351 e. The molecule has 0 spiro atoms. The zero-order valence-corrected chi connectivity index (χ0v) is 16.5. The van der Waals surface area contributed by atoms with Crippen molar-refractivity contribution < 1.29 is 0 Å². The van der Waals surface area contributed by atoms with Crippen molar-refractivity contribution in [2.24, 2.45) is 0 Å². The molecule has 1 saturated heterocycles. The maximum atomic E-state index is 4.85. The third-order valence-electron chi connectivity index (χ3n) is 5.74. The molecule has 0 atom stereocenters. The Bertz CT molecular complexity index is 968. The Balaban J connectivity index is 1.44. The fourth-order valence-corrected chi connectivity index (χ4v) is 4.19. The van der Waals surface area contributed by atoms with Gasteiger partial charge in [-0.2, -0.15) is 4.98 Å². The molecule has 1 fully saturated rings. The van der Waals surface area contributed by atoms with Gasteiger partial charge in [0.05, 0.1) is 5.69 Å². The van der Waals surface area contributed by atoms with E-state index >= 15 is 0 Å². The first kappa shape index (κ1) is 18.1. The Morgan fingerprint density at radius 3 is 2.76 bits per heavy atom. The molecule has 4 heterocycles. The predicted octanol–water partition coefficient (Wildman–Crippen LogP) is 3.79. The third-order valence-corrected chi connectivity index (χ3v) is 5.74. The van der Waals surface area contributed by atoms with Crippen molar-refractivity contribution in [1.29, 1.82) is 0 Å². The third kappa shape index (κ3) is 3.93. The van der Waals surface area contributed by atoms with E-state index in [9.17, 15) is 0 Å². The molecule has 6 heteroatoms. The van der Waals surface area contributed by atoms with Crippen LogP contribution in [0.2, 0.25) is 0 Å². The van der Waals surface area contributed by atoms with Crippen molar-refractivity contribution in [1.82, 2.24) is 20.3 Å². The smallest absolute Gasteiger partial charge is 0.224 e. The van der Waals surface area contributed by atoms with Crippen LogP contribution in [-0.2, 0) is 6.42 Å². The summed E-state index contributed by atoms with van der Waals surface area (Å²) in [5, 5.41) is 6.92. The van der Waals surface area contributed by atoms with Crippen LogP contribution >= 0.6 is 0 Å². The number of fused-ring (bicyclic) bond motifs is 1. The number of hydrogen-bond donors (Lipinski definition) is 2. The van der Waals surface area contributed by atoms with E-state index in [1.165, 1.54) is 11.3 Å². The second-order valence-electron chi connectivity index (χ2n) is 7.73. The molecule has 2 N–H and O–H groups in total. The summed E-state index contributed by atoms with van der Waals surface area (Å²) >= 11 is 0. The molecule has 2 aromatic heterocycles. The maximum absolute atomic E-state index is 4.85. The zero-order valence-electron chi connectivity index (χ0n) is 16.5. The van der Waals surface area contributed by atoms with Crippen LogP contribution in [0.5, 0.6) is 0 Å². The van der Waals surface area contributed by atoms with Gasteiger partial charge in [-0.3, -0.25) is 4.98 Å². The molecule has 2 aliphatic rings. The van der Waals surface area contributed by atoms with Gasteiger partial charge in [0.15, 0.2) is 0 Å². The summed E-state index contributed by atoms with van der Waals surface area (Å²) < 4.78 is 0. The van der Waals surface area contributed by atoms with Crippen molar-refractivity contribution >= 4 is 17.5 Å². The Hall–Kier alpha value is -2.99. The number of anilines is 3. The number of benzene rings is 1. The number of aromatic nitrogens is 3. The lowest BCUT2D eigenvalue weighted by Crippen LogP contribution is -2.35. The van der Waals surface area contributed by atoms with Gasteiger partial charge in [0.1, 0.15) is 5.82 Å². The van der Waals surface area contributed by atoms with Crippen molar-refractivity contribution in [3.05, 3.63) is 60.4 Å². The quantitative estimate of drug-likeness (QED) is 0.711. The van der Waals surface area contributed by atoms with Crippen LogP contribution in [0.4, 0.5) is 17.5 Å². The summed E-state index contributed by atoms with van der Waals surface area (Å²) in [6, 6.07) is 15.0. The number of pyridine rings is 1. The average molecular weight is 387 g/mol. The molecular formula is C23H26N6. The molecule has 0 bridgehead atoms. The number of nitrogens with zero attached hydrogens (tertiary/aromatic N) is 4. The fourth-order valence-electron chi connectivity index (χ4n) is 4.19. The molecule has 0 saturated carbocycles. The molecule has 29 heavy (non-hydrogen) atoms. The van der Waals surface area contributed by atoms with Crippen LogP contribution in [0.3, 0.4) is 0 Å². The van der Waals surface area contributed by atoms with Gasteiger partial charge in [-0.15, -0.1) is 0 Å². The van der Waals surface area contributed by atoms with Gasteiger partial charge in [-0.05, 0) is 56.5 Å². The zero-order chi connectivity index (χ0) is 19.5. The topological polar surface area (TPSA) is 66.0 Å². The summed E-state index contributed by atoms with van der Waals surface area (Å²) in [6.07, 6.45) is 8.25. The van der Waals surface area contributed by atoms with Crippen LogP contribution in [0.25, 0.3) is 11.3 Å². The molecule has 1 aromatic carbocycles. The molecule has 0 radical (unpaired) electrons. The van der Waals surface area contributed by atoms with E-state index in [1.54, 1.807) is 0 Å². The van der Waals surface area contributed by atoms with Crippen molar-refractivity contribution in [2.45, 2.75) is 31.7 Å². The molecular weight excluding hydrogens is 360 g/mol. The summed E-state index contributed by atoms with van der Waals surface area (Å²) in [6.45, 7) is 3.05. The first-order chi connectivity index (χ1) is 14.4. The van der Waals surface area contributed by atoms with E-state index in [4.69, 9.17) is 9.97 Å². The lowest BCUT2D eigenvalue weighted by molar-refractivity contribution is 0.477. The van der Waals surface area contributed by atoms with Gasteiger partial charge in [0.2, 0.25) is 5.95 Å². The van der Waals surface area contributed by atoms with Crippen LogP contribution in [0, 0.1) is 0 Å². The first-order valence-corrected chi connectivity index (χ1v) is 10.5. The van der Waals surface area contributed by atoms with Crippen LogP contribution in [0.1, 0.15) is 24.8 Å². The van der Waals surface area contributed by atoms with E-state index in [2.05, 4.69) is 50.8 Å². The van der Waals surface area contributed by atoms with Gasteiger partial charge < -0.3 is 15.5 Å². The number of hydrogen-bond acceptors (Lipinski definition) is 6. The van der Waals surface area contributed by atoms with Gasteiger partial charge in [0.25, 0.3) is 0 Å². The SMILES string of the molecule is c1ccc(-c2cc3c(cn2)CCCN3c2ccnc(NC3CCNCC3)n2)cc1.